The van der Waals surface area contributed by atoms with E-state index < -0.39 is 0 Å². The minimum atomic E-state index is -0.374. The first-order valence-corrected chi connectivity index (χ1v) is 7.84. The Bertz CT molecular complexity index is 669. The number of rotatable bonds is 3. The number of nitrogens with zero attached hydrogens (tertiary/aromatic N) is 3. The number of carbonyl (C=O) groups is 1. The molecule has 1 aliphatic heterocycles. The van der Waals surface area contributed by atoms with Crippen molar-refractivity contribution < 1.29 is 9.18 Å². The molecule has 120 valence electrons. The standard InChI is InChI=1S/C18H20FN3O/c1-14(15-5-7-20-8-6-15)21-9-11-22(12-10-21)18(23)16-3-2-4-17(19)13-16/h2-8,13-14H,9-12H2,1H3. The van der Waals surface area contributed by atoms with Crippen LogP contribution in [0.15, 0.2) is 48.8 Å². The molecule has 0 radical (unpaired) electrons. The highest BCUT2D eigenvalue weighted by atomic mass is 19.1. The summed E-state index contributed by atoms with van der Waals surface area (Å²) in [6.45, 7) is 5.10. The van der Waals surface area contributed by atoms with Gasteiger partial charge >= 0.3 is 0 Å². The van der Waals surface area contributed by atoms with E-state index in [0.717, 1.165) is 13.1 Å². The van der Waals surface area contributed by atoms with Crippen molar-refractivity contribution in [2.24, 2.45) is 0 Å². The topological polar surface area (TPSA) is 36.4 Å². The van der Waals surface area contributed by atoms with Gasteiger partial charge in [-0.15, -0.1) is 0 Å². The Labute approximate surface area is 135 Å². The van der Waals surface area contributed by atoms with Gasteiger partial charge in [-0.3, -0.25) is 14.7 Å². The van der Waals surface area contributed by atoms with Crippen LogP contribution in [-0.2, 0) is 0 Å². The Morgan fingerprint density at radius 1 is 1.13 bits per heavy atom. The van der Waals surface area contributed by atoms with E-state index >= 15 is 0 Å². The number of pyridine rings is 1. The molecule has 5 heteroatoms. The van der Waals surface area contributed by atoms with E-state index in [2.05, 4.69) is 16.8 Å². The van der Waals surface area contributed by atoms with Crippen molar-refractivity contribution in [1.82, 2.24) is 14.8 Å². The summed E-state index contributed by atoms with van der Waals surface area (Å²) in [5.41, 5.74) is 1.64. The SMILES string of the molecule is CC(c1ccncc1)N1CCN(C(=O)c2cccc(F)c2)CC1. The van der Waals surface area contributed by atoms with Crippen molar-refractivity contribution in [3.8, 4) is 0 Å². The highest BCUT2D eigenvalue weighted by Gasteiger charge is 2.25. The number of carbonyl (C=O) groups excluding carboxylic acids is 1. The molecule has 0 bridgehead atoms. The van der Waals surface area contributed by atoms with Gasteiger partial charge in [0.25, 0.3) is 5.91 Å². The number of benzene rings is 1. The van der Waals surface area contributed by atoms with Crippen molar-refractivity contribution in [1.29, 1.82) is 0 Å². The largest absolute Gasteiger partial charge is 0.336 e. The molecule has 1 unspecified atom stereocenters. The molecule has 0 spiro atoms. The van der Waals surface area contributed by atoms with Gasteiger partial charge < -0.3 is 4.90 Å². The summed E-state index contributed by atoms with van der Waals surface area (Å²) < 4.78 is 13.3. The molecule has 4 nitrogen and oxygen atoms in total. The number of halogens is 1. The first kappa shape index (κ1) is 15.6. The first-order valence-electron chi connectivity index (χ1n) is 7.84. The van der Waals surface area contributed by atoms with E-state index in [4.69, 9.17) is 0 Å². The van der Waals surface area contributed by atoms with Crippen molar-refractivity contribution in [2.75, 3.05) is 26.2 Å². The summed E-state index contributed by atoms with van der Waals surface area (Å²) in [5.74, 6) is -0.471. The van der Waals surface area contributed by atoms with Crippen LogP contribution in [0.25, 0.3) is 0 Å². The van der Waals surface area contributed by atoms with Crippen LogP contribution in [0.2, 0.25) is 0 Å². The van der Waals surface area contributed by atoms with Crippen LogP contribution in [0, 0.1) is 5.82 Å². The molecular weight excluding hydrogens is 293 g/mol. The normalized spacial score (nSPS) is 17.0. The summed E-state index contributed by atoms with van der Waals surface area (Å²) in [6.07, 6.45) is 3.60. The fourth-order valence-corrected chi connectivity index (χ4v) is 2.97. The smallest absolute Gasteiger partial charge is 0.254 e. The molecule has 2 aromatic rings. The van der Waals surface area contributed by atoms with Crippen molar-refractivity contribution in [2.45, 2.75) is 13.0 Å². The molecule has 1 aliphatic rings. The lowest BCUT2D eigenvalue weighted by Gasteiger charge is -2.38. The second-order valence-electron chi connectivity index (χ2n) is 5.80. The lowest BCUT2D eigenvalue weighted by atomic mass is 10.1. The number of aromatic nitrogens is 1. The van der Waals surface area contributed by atoms with E-state index in [9.17, 15) is 9.18 Å². The quantitative estimate of drug-likeness (QED) is 0.874. The second-order valence-corrected chi connectivity index (χ2v) is 5.80. The number of amides is 1. The third kappa shape index (κ3) is 3.56. The van der Waals surface area contributed by atoms with Crippen molar-refractivity contribution in [3.05, 3.63) is 65.7 Å². The van der Waals surface area contributed by atoms with Crippen LogP contribution in [0.5, 0.6) is 0 Å². The molecule has 1 atom stereocenters. The van der Waals surface area contributed by atoms with Gasteiger partial charge in [0, 0.05) is 50.2 Å². The van der Waals surface area contributed by atoms with Gasteiger partial charge in [-0.2, -0.15) is 0 Å². The van der Waals surface area contributed by atoms with Gasteiger partial charge in [0.05, 0.1) is 0 Å². The van der Waals surface area contributed by atoms with Gasteiger partial charge in [0.1, 0.15) is 5.82 Å². The van der Waals surface area contributed by atoms with E-state index in [-0.39, 0.29) is 11.7 Å². The predicted octanol–water partition coefficient (Wildman–Crippen LogP) is 2.74. The maximum atomic E-state index is 13.3. The van der Waals surface area contributed by atoms with Gasteiger partial charge in [-0.25, -0.2) is 4.39 Å². The first-order chi connectivity index (χ1) is 11.1. The van der Waals surface area contributed by atoms with Crippen LogP contribution < -0.4 is 0 Å². The fraction of sp³-hybridized carbons (Fsp3) is 0.333. The molecule has 23 heavy (non-hydrogen) atoms. The van der Waals surface area contributed by atoms with E-state index in [1.807, 2.05) is 12.1 Å². The van der Waals surface area contributed by atoms with Crippen LogP contribution in [0.4, 0.5) is 4.39 Å². The Morgan fingerprint density at radius 2 is 1.83 bits per heavy atom. The van der Waals surface area contributed by atoms with Crippen LogP contribution >= 0.6 is 0 Å². The summed E-state index contributed by atoms with van der Waals surface area (Å²) in [6, 6.07) is 10.2. The van der Waals surface area contributed by atoms with E-state index in [1.165, 1.54) is 17.7 Å². The molecular formula is C18H20FN3O. The molecule has 1 amide bonds. The Morgan fingerprint density at radius 3 is 2.48 bits per heavy atom. The third-order valence-corrected chi connectivity index (χ3v) is 4.41. The average Bonchev–Trinajstić information content (AvgIpc) is 2.61. The summed E-state index contributed by atoms with van der Waals surface area (Å²) >= 11 is 0. The highest BCUT2D eigenvalue weighted by molar-refractivity contribution is 5.94. The predicted molar refractivity (Wildman–Crippen MR) is 86.5 cm³/mol. The van der Waals surface area contributed by atoms with Crippen LogP contribution in [0.3, 0.4) is 0 Å². The molecule has 0 N–H and O–H groups in total. The number of piperazine rings is 1. The molecule has 3 rings (SSSR count). The Balaban J connectivity index is 1.61. The fourth-order valence-electron chi connectivity index (χ4n) is 2.97. The minimum Gasteiger partial charge on any atom is -0.336 e. The molecule has 0 aliphatic carbocycles. The van der Waals surface area contributed by atoms with Crippen molar-refractivity contribution >= 4 is 5.91 Å². The maximum absolute atomic E-state index is 13.3. The van der Waals surface area contributed by atoms with Crippen LogP contribution in [-0.4, -0.2) is 46.9 Å². The average molecular weight is 313 g/mol. The number of hydrogen-bond donors (Lipinski definition) is 0. The molecule has 0 saturated carbocycles. The lowest BCUT2D eigenvalue weighted by Crippen LogP contribution is -2.49. The molecule has 1 aromatic carbocycles. The highest BCUT2D eigenvalue weighted by Crippen LogP contribution is 2.21. The van der Waals surface area contributed by atoms with Gasteiger partial charge in [0.15, 0.2) is 0 Å². The van der Waals surface area contributed by atoms with Gasteiger partial charge in [0.2, 0.25) is 0 Å². The molecule has 2 heterocycles. The molecule has 1 aromatic heterocycles. The molecule has 1 fully saturated rings. The summed E-state index contributed by atoms with van der Waals surface area (Å²) in [4.78, 5) is 20.6. The zero-order valence-electron chi connectivity index (χ0n) is 13.2. The van der Waals surface area contributed by atoms with Gasteiger partial charge in [-0.05, 0) is 42.8 Å². The number of hydrogen-bond acceptors (Lipinski definition) is 3. The Hall–Kier alpha value is -2.27. The van der Waals surface area contributed by atoms with E-state index in [1.54, 1.807) is 29.4 Å². The maximum Gasteiger partial charge on any atom is 0.254 e. The zero-order valence-corrected chi connectivity index (χ0v) is 13.2. The van der Waals surface area contributed by atoms with Crippen LogP contribution in [0.1, 0.15) is 28.9 Å². The van der Waals surface area contributed by atoms with E-state index in [0.29, 0.717) is 24.7 Å². The monoisotopic (exact) mass is 313 g/mol. The third-order valence-electron chi connectivity index (χ3n) is 4.41. The molecule has 1 saturated heterocycles. The van der Waals surface area contributed by atoms with Gasteiger partial charge in [-0.1, -0.05) is 6.07 Å². The minimum absolute atomic E-state index is 0.0966. The van der Waals surface area contributed by atoms with Crippen molar-refractivity contribution in [3.63, 3.8) is 0 Å². The Kier molecular flexibility index (Phi) is 4.67. The summed E-state index contributed by atoms with van der Waals surface area (Å²) in [7, 11) is 0. The summed E-state index contributed by atoms with van der Waals surface area (Å²) in [5, 5.41) is 0. The second kappa shape index (κ2) is 6.87. The lowest BCUT2D eigenvalue weighted by molar-refractivity contribution is 0.0581. The zero-order chi connectivity index (χ0) is 16.2.